The topological polar surface area (TPSA) is 52.6 Å². The Morgan fingerprint density at radius 1 is 1.14 bits per heavy atom. The summed E-state index contributed by atoms with van der Waals surface area (Å²) in [7, 11) is 1.92. The van der Waals surface area contributed by atoms with Crippen LogP contribution in [0.1, 0.15) is 21.5 Å². The van der Waals surface area contributed by atoms with Crippen LogP contribution in [-0.2, 0) is 0 Å². The first-order valence-electron chi connectivity index (χ1n) is 7.32. The number of aliphatic hydroxyl groups is 1. The molecule has 0 aliphatic heterocycles. The summed E-state index contributed by atoms with van der Waals surface area (Å²) in [4.78, 5) is 14.3. The van der Waals surface area contributed by atoms with E-state index in [1.807, 2.05) is 68.3 Å². The molecule has 0 heterocycles. The molecule has 0 saturated carbocycles. The number of nitrogens with zero attached hydrogens (tertiary/aromatic N) is 1. The van der Waals surface area contributed by atoms with Gasteiger partial charge in [-0.25, -0.2) is 0 Å². The van der Waals surface area contributed by atoms with Gasteiger partial charge in [0.05, 0.1) is 6.61 Å². The number of hydrogen-bond acceptors (Lipinski definition) is 3. The summed E-state index contributed by atoms with van der Waals surface area (Å²) < 4.78 is 0. The van der Waals surface area contributed by atoms with Gasteiger partial charge in [-0.05, 0) is 49.7 Å². The molecule has 2 N–H and O–H groups in total. The highest BCUT2D eigenvalue weighted by Gasteiger charge is 2.09. The van der Waals surface area contributed by atoms with Crippen molar-refractivity contribution in [2.24, 2.45) is 0 Å². The van der Waals surface area contributed by atoms with E-state index < -0.39 is 0 Å². The van der Waals surface area contributed by atoms with Crippen molar-refractivity contribution >= 4 is 17.3 Å². The van der Waals surface area contributed by atoms with Gasteiger partial charge in [0.15, 0.2) is 0 Å². The van der Waals surface area contributed by atoms with Gasteiger partial charge in [0.2, 0.25) is 0 Å². The first-order valence-corrected chi connectivity index (χ1v) is 7.32. The van der Waals surface area contributed by atoms with Crippen LogP contribution in [0.3, 0.4) is 0 Å². The predicted molar refractivity (Wildman–Crippen MR) is 90.7 cm³/mol. The van der Waals surface area contributed by atoms with Crippen molar-refractivity contribution < 1.29 is 9.90 Å². The Balaban J connectivity index is 2.10. The number of amides is 1. The summed E-state index contributed by atoms with van der Waals surface area (Å²) in [6.45, 7) is 4.60. The van der Waals surface area contributed by atoms with Crippen molar-refractivity contribution in [1.29, 1.82) is 0 Å². The third kappa shape index (κ3) is 3.86. The zero-order chi connectivity index (χ0) is 16.1. The number of carbonyl (C=O) groups excluding carboxylic acids is 1. The normalized spacial score (nSPS) is 10.4. The molecule has 0 aromatic heterocycles. The minimum Gasteiger partial charge on any atom is -0.395 e. The molecule has 22 heavy (non-hydrogen) atoms. The van der Waals surface area contributed by atoms with E-state index in [4.69, 9.17) is 5.11 Å². The van der Waals surface area contributed by atoms with Crippen molar-refractivity contribution in [2.45, 2.75) is 13.8 Å². The van der Waals surface area contributed by atoms with Crippen LogP contribution in [0.25, 0.3) is 0 Å². The number of anilines is 2. The van der Waals surface area contributed by atoms with Gasteiger partial charge in [0.25, 0.3) is 5.91 Å². The fourth-order valence-corrected chi connectivity index (χ4v) is 2.26. The minimum atomic E-state index is -0.0994. The molecule has 0 aliphatic carbocycles. The van der Waals surface area contributed by atoms with E-state index in [0.29, 0.717) is 12.1 Å². The van der Waals surface area contributed by atoms with Crippen molar-refractivity contribution in [3.05, 3.63) is 59.2 Å². The lowest BCUT2D eigenvalue weighted by Crippen LogP contribution is -2.21. The van der Waals surface area contributed by atoms with Gasteiger partial charge in [-0.2, -0.15) is 0 Å². The quantitative estimate of drug-likeness (QED) is 0.892. The number of aliphatic hydroxyl groups excluding tert-OH is 1. The van der Waals surface area contributed by atoms with Gasteiger partial charge in [-0.15, -0.1) is 0 Å². The summed E-state index contributed by atoms with van der Waals surface area (Å²) in [5.41, 5.74) is 4.48. The second-order valence-electron chi connectivity index (χ2n) is 5.46. The maximum Gasteiger partial charge on any atom is 0.255 e. The first-order chi connectivity index (χ1) is 10.5. The fourth-order valence-electron chi connectivity index (χ4n) is 2.26. The molecule has 0 fully saturated rings. The number of likely N-dealkylation sites (N-methyl/N-ethyl adjacent to an activating group) is 1. The molecule has 0 saturated heterocycles. The van der Waals surface area contributed by atoms with Crippen molar-refractivity contribution in [1.82, 2.24) is 0 Å². The molecule has 2 aromatic rings. The molecule has 2 rings (SSSR count). The fraction of sp³-hybridized carbons (Fsp3) is 0.278. The number of benzene rings is 2. The SMILES string of the molecule is Cc1ccc(C)c(C(=O)Nc2ccc(N(C)CCO)cc2)c1. The molecular weight excluding hydrogens is 276 g/mol. The van der Waals surface area contributed by atoms with Gasteiger partial charge in [0.1, 0.15) is 0 Å². The van der Waals surface area contributed by atoms with Gasteiger partial charge in [0, 0.05) is 30.5 Å². The molecule has 4 heteroatoms. The number of aryl methyl sites for hydroxylation is 2. The number of carbonyl (C=O) groups is 1. The summed E-state index contributed by atoms with van der Waals surface area (Å²) >= 11 is 0. The third-order valence-corrected chi connectivity index (χ3v) is 3.64. The third-order valence-electron chi connectivity index (χ3n) is 3.64. The maximum atomic E-state index is 12.4. The highest BCUT2D eigenvalue weighted by atomic mass is 16.3. The Hall–Kier alpha value is -2.33. The predicted octanol–water partition coefficient (Wildman–Crippen LogP) is 2.98. The molecular formula is C18H22N2O2. The van der Waals surface area contributed by atoms with Crippen molar-refractivity contribution in [3.8, 4) is 0 Å². The molecule has 2 aromatic carbocycles. The highest BCUT2D eigenvalue weighted by molar-refractivity contribution is 6.05. The maximum absolute atomic E-state index is 12.4. The van der Waals surface area contributed by atoms with E-state index in [1.54, 1.807) is 0 Å². The average Bonchev–Trinajstić information content (AvgIpc) is 2.50. The summed E-state index contributed by atoms with van der Waals surface area (Å²) in [5.74, 6) is -0.0994. The molecule has 0 unspecified atom stereocenters. The second kappa shape index (κ2) is 7.09. The van der Waals surface area contributed by atoms with Gasteiger partial charge >= 0.3 is 0 Å². The second-order valence-corrected chi connectivity index (χ2v) is 5.46. The molecule has 0 radical (unpaired) electrons. The average molecular weight is 298 g/mol. The highest BCUT2D eigenvalue weighted by Crippen LogP contribution is 2.18. The minimum absolute atomic E-state index is 0.0994. The zero-order valence-corrected chi connectivity index (χ0v) is 13.3. The molecule has 1 amide bonds. The van der Waals surface area contributed by atoms with Crippen LogP contribution in [0.5, 0.6) is 0 Å². The molecule has 0 spiro atoms. The van der Waals surface area contributed by atoms with E-state index >= 15 is 0 Å². The van der Waals surface area contributed by atoms with Crippen LogP contribution in [0.15, 0.2) is 42.5 Å². The van der Waals surface area contributed by atoms with Gasteiger partial charge in [-0.3, -0.25) is 4.79 Å². The molecule has 4 nitrogen and oxygen atoms in total. The Kier molecular flexibility index (Phi) is 5.17. The summed E-state index contributed by atoms with van der Waals surface area (Å²) in [6.07, 6.45) is 0. The number of hydrogen-bond donors (Lipinski definition) is 2. The van der Waals surface area contributed by atoms with Crippen LogP contribution in [0.4, 0.5) is 11.4 Å². The Bertz CT molecular complexity index is 651. The Labute approximate surface area is 131 Å². The lowest BCUT2D eigenvalue weighted by Gasteiger charge is -2.18. The van der Waals surface area contributed by atoms with Crippen LogP contribution >= 0.6 is 0 Å². The van der Waals surface area contributed by atoms with Crippen LogP contribution in [0.2, 0.25) is 0 Å². The summed E-state index contributed by atoms with van der Waals surface area (Å²) in [5, 5.41) is 11.9. The van der Waals surface area contributed by atoms with Crippen LogP contribution in [-0.4, -0.2) is 31.2 Å². The van der Waals surface area contributed by atoms with Gasteiger partial charge in [-0.1, -0.05) is 17.7 Å². The van der Waals surface area contributed by atoms with E-state index in [0.717, 1.165) is 22.5 Å². The molecule has 0 atom stereocenters. The van der Waals surface area contributed by atoms with Crippen LogP contribution < -0.4 is 10.2 Å². The Morgan fingerprint density at radius 3 is 2.45 bits per heavy atom. The Morgan fingerprint density at radius 2 is 1.82 bits per heavy atom. The van der Waals surface area contributed by atoms with E-state index in [-0.39, 0.29) is 12.5 Å². The smallest absolute Gasteiger partial charge is 0.255 e. The van der Waals surface area contributed by atoms with E-state index in [9.17, 15) is 4.79 Å². The number of nitrogens with one attached hydrogen (secondary N) is 1. The number of rotatable bonds is 5. The van der Waals surface area contributed by atoms with Crippen molar-refractivity contribution in [3.63, 3.8) is 0 Å². The lowest BCUT2D eigenvalue weighted by molar-refractivity contribution is 0.102. The van der Waals surface area contributed by atoms with E-state index in [2.05, 4.69) is 5.32 Å². The van der Waals surface area contributed by atoms with Gasteiger partial charge < -0.3 is 15.3 Å². The standard InChI is InChI=1S/C18H22N2O2/c1-13-4-5-14(2)17(12-13)18(22)19-15-6-8-16(9-7-15)20(3)10-11-21/h4-9,12,21H,10-11H2,1-3H3,(H,19,22). The van der Waals surface area contributed by atoms with E-state index in [1.165, 1.54) is 0 Å². The molecule has 0 bridgehead atoms. The summed E-state index contributed by atoms with van der Waals surface area (Å²) in [6, 6.07) is 13.4. The lowest BCUT2D eigenvalue weighted by atomic mass is 10.0. The zero-order valence-electron chi connectivity index (χ0n) is 13.3. The monoisotopic (exact) mass is 298 g/mol. The van der Waals surface area contributed by atoms with Crippen LogP contribution in [0, 0.1) is 13.8 Å². The largest absolute Gasteiger partial charge is 0.395 e. The van der Waals surface area contributed by atoms with Crippen molar-refractivity contribution in [2.75, 3.05) is 30.4 Å². The molecule has 116 valence electrons. The first kappa shape index (κ1) is 16.0. The molecule has 0 aliphatic rings.